The minimum Gasteiger partial charge on any atom is -0.341 e. The number of hydrogen-bond donors (Lipinski definition) is 0. The van der Waals surface area contributed by atoms with Gasteiger partial charge in [0, 0.05) is 36.9 Å². The molecule has 0 bridgehead atoms. The lowest BCUT2D eigenvalue weighted by atomic mass is 9.73. The molecule has 2 heterocycles. The summed E-state index contributed by atoms with van der Waals surface area (Å²) in [5, 5.41) is 0. The first-order valence-electron chi connectivity index (χ1n) is 8.88. The molecule has 4 rings (SSSR count). The van der Waals surface area contributed by atoms with Crippen LogP contribution in [-0.2, 0) is 5.41 Å². The Balaban J connectivity index is 1.57. The minimum absolute atomic E-state index is 0.326. The molecule has 2 aliphatic rings. The molecule has 0 N–H and O–H groups in total. The highest BCUT2D eigenvalue weighted by Gasteiger charge is 2.46. The maximum atomic E-state index is 4.51. The molecule has 1 fully saturated rings. The van der Waals surface area contributed by atoms with Gasteiger partial charge in [-0.3, -0.25) is 0 Å². The molecule has 126 valence electrons. The molecule has 1 saturated heterocycles. The van der Waals surface area contributed by atoms with Crippen LogP contribution in [0.15, 0.2) is 36.7 Å². The Bertz CT molecular complexity index is 715. The lowest BCUT2D eigenvalue weighted by Crippen LogP contribution is -2.42. The van der Waals surface area contributed by atoms with E-state index in [4.69, 9.17) is 0 Å². The normalized spacial score (nSPS) is 22.2. The van der Waals surface area contributed by atoms with Gasteiger partial charge in [0.2, 0.25) is 5.95 Å². The number of rotatable bonds is 2. The molecule has 4 nitrogen and oxygen atoms in total. The fourth-order valence-corrected chi connectivity index (χ4v) is 4.48. The minimum atomic E-state index is 0.326. The van der Waals surface area contributed by atoms with Crippen molar-refractivity contribution < 1.29 is 0 Å². The first-order chi connectivity index (χ1) is 11.6. The average Bonchev–Trinajstić information content (AvgIpc) is 2.92. The monoisotopic (exact) mass is 322 g/mol. The SMILES string of the molecule is Cc1cnc(N2CCC3(CC2)C[C@H](N(C)C)c2ccccc23)nc1. The molecule has 0 unspecified atom stereocenters. The summed E-state index contributed by atoms with van der Waals surface area (Å²) in [6.07, 6.45) is 7.44. The predicted octanol–water partition coefficient (Wildman–Crippen LogP) is 3.33. The number of benzene rings is 1. The number of hydrogen-bond acceptors (Lipinski definition) is 4. The van der Waals surface area contributed by atoms with Gasteiger partial charge in [-0.2, -0.15) is 0 Å². The maximum absolute atomic E-state index is 4.51. The van der Waals surface area contributed by atoms with Gasteiger partial charge in [0.1, 0.15) is 0 Å². The summed E-state index contributed by atoms with van der Waals surface area (Å²) in [5.74, 6) is 0.880. The van der Waals surface area contributed by atoms with Crippen LogP contribution in [-0.4, -0.2) is 42.1 Å². The highest BCUT2D eigenvalue weighted by Crippen LogP contribution is 2.52. The van der Waals surface area contributed by atoms with Crippen molar-refractivity contribution in [1.29, 1.82) is 0 Å². The van der Waals surface area contributed by atoms with Crippen molar-refractivity contribution in [1.82, 2.24) is 14.9 Å². The summed E-state index contributed by atoms with van der Waals surface area (Å²) in [6.45, 7) is 4.11. The smallest absolute Gasteiger partial charge is 0.225 e. The molecule has 2 aromatic rings. The fraction of sp³-hybridized carbons (Fsp3) is 0.500. The molecule has 0 saturated carbocycles. The fourth-order valence-electron chi connectivity index (χ4n) is 4.48. The van der Waals surface area contributed by atoms with Crippen molar-refractivity contribution in [2.24, 2.45) is 0 Å². The Hall–Kier alpha value is -1.94. The van der Waals surface area contributed by atoms with E-state index in [2.05, 4.69) is 58.1 Å². The third kappa shape index (κ3) is 2.49. The second kappa shape index (κ2) is 5.85. The second-order valence-corrected chi connectivity index (χ2v) is 7.60. The molecular weight excluding hydrogens is 296 g/mol. The van der Waals surface area contributed by atoms with Crippen LogP contribution in [0.5, 0.6) is 0 Å². The van der Waals surface area contributed by atoms with Crippen LogP contribution in [0.4, 0.5) is 5.95 Å². The van der Waals surface area contributed by atoms with Gasteiger partial charge in [-0.15, -0.1) is 0 Å². The van der Waals surface area contributed by atoms with E-state index < -0.39 is 0 Å². The summed E-state index contributed by atoms with van der Waals surface area (Å²) < 4.78 is 0. The first kappa shape index (κ1) is 15.6. The van der Waals surface area contributed by atoms with Crippen LogP contribution in [0.25, 0.3) is 0 Å². The molecule has 4 heteroatoms. The van der Waals surface area contributed by atoms with Crippen molar-refractivity contribution in [3.63, 3.8) is 0 Å². The summed E-state index contributed by atoms with van der Waals surface area (Å²) in [7, 11) is 4.41. The van der Waals surface area contributed by atoms with Crippen LogP contribution >= 0.6 is 0 Å². The van der Waals surface area contributed by atoms with Crippen molar-refractivity contribution in [2.45, 2.75) is 37.6 Å². The molecule has 1 aliphatic carbocycles. The molecule has 0 amide bonds. The van der Waals surface area contributed by atoms with E-state index in [0.717, 1.165) is 24.6 Å². The Labute approximate surface area is 144 Å². The van der Waals surface area contributed by atoms with Gasteiger partial charge < -0.3 is 9.80 Å². The Kier molecular flexibility index (Phi) is 3.80. The summed E-state index contributed by atoms with van der Waals surface area (Å²) in [5.41, 5.74) is 4.55. The lowest BCUT2D eigenvalue weighted by Gasteiger charge is -2.40. The molecule has 24 heavy (non-hydrogen) atoms. The summed E-state index contributed by atoms with van der Waals surface area (Å²) in [6, 6.07) is 9.61. The molecular formula is C20H26N4. The Morgan fingerprint density at radius 2 is 1.75 bits per heavy atom. The molecule has 1 atom stereocenters. The third-order valence-electron chi connectivity index (χ3n) is 5.87. The van der Waals surface area contributed by atoms with Crippen molar-refractivity contribution in [2.75, 3.05) is 32.1 Å². The van der Waals surface area contributed by atoms with E-state index in [9.17, 15) is 0 Å². The predicted molar refractivity (Wildman–Crippen MR) is 97.4 cm³/mol. The first-order valence-corrected chi connectivity index (χ1v) is 8.88. The van der Waals surface area contributed by atoms with Crippen LogP contribution in [0.3, 0.4) is 0 Å². The van der Waals surface area contributed by atoms with Crippen molar-refractivity contribution in [3.05, 3.63) is 53.3 Å². The number of nitrogens with zero attached hydrogens (tertiary/aromatic N) is 4. The van der Waals surface area contributed by atoms with E-state index in [-0.39, 0.29) is 0 Å². The molecule has 1 spiro atoms. The van der Waals surface area contributed by atoms with Crippen LogP contribution in [0, 0.1) is 6.92 Å². The largest absolute Gasteiger partial charge is 0.341 e. The molecule has 1 aromatic carbocycles. The topological polar surface area (TPSA) is 32.3 Å². The highest BCUT2D eigenvalue weighted by atomic mass is 15.3. The maximum Gasteiger partial charge on any atom is 0.225 e. The van der Waals surface area contributed by atoms with Crippen molar-refractivity contribution in [3.8, 4) is 0 Å². The van der Waals surface area contributed by atoms with E-state index in [0.29, 0.717) is 11.5 Å². The van der Waals surface area contributed by atoms with Gasteiger partial charge in [-0.05, 0) is 57.0 Å². The lowest BCUT2D eigenvalue weighted by molar-refractivity contribution is 0.230. The van der Waals surface area contributed by atoms with E-state index >= 15 is 0 Å². The van der Waals surface area contributed by atoms with E-state index in [1.165, 1.54) is 24.8 Å². The average molecular weight is 322 g/mol. The van der Waals surface area contributed by atoms with Crippen molar-refractivity contribution >= 4 is 5.95 Å². The number of aryl methyl sites for hydroxylation is 1. The Morgan fingerprint density at radius 1 is 1.08 bits per heavy atom. The van der Waals surface area contributed by atoms with E-state index in [1.807, 2.05) is 19.3 Å². The highest BCUT2D eigenvalue weighted by molar-refractivity contribution is 5.44. The van der Waals surface area contributed by atoms with Gasteiger partial charge in [0.05, 0.1) is 0 Å². The second-order valence-electron chi connectivity index (χ2n) is 7.60. The number of anilines is 1. The summed E-state index contributed by atoms with van der Waals surface area (Å²) >= 11 is 0. The zero-order valence-corrected chi connectivity index (χ0v) is 14.9. The van der Waals surface area contributed by atoms with Crippen LogP contribution < -0.4 is 4.90 Å². The van der Waals surface area contributed by atoms with Crippen LogP contribution in [0.1, 0.15) is 42.0 Å². The third-order valence-corrected chi connectivity index (χ3v) is 5.87. The number of aromatic nitrogens is 2. The molecule has 1 aliphatic heterocycles. The van der Waals surface area contributed by atoms with Gasteiger partial charge in [-0.1, -0.05) is 24.3 Å². The van der Waals surface area contributed by atoms with Gasteiger partial charge in [-0.25, -0.2) is 9.97 Å². The van der Waals surface area contributed by atoms with E-state index in [1.54, 1.807) is 5.56 Å². The zero-order valence-electron chi connectivity index (χ0n) is 14.9. The number of fused-ring (bicyclic) bond motifs is 2. The van der Waals surface area contributed by atoms with Gasteiger partial charge in [0.25, 0.3) is 0 Å². The number of piperidine rings is 1. The van der Waals surface area contributed by atoms with Gasteiger partial charge in [0.15, 0.2) is 0 Å². The van der Waals surface area contributed by atoms with Gasteiger partial charge >= 0.3 is 0 Å². The Morgan fingerprint density at radius 3 is 2.42 bits per heavy atom. The van der Waals surface area contributed by atoms with Crippen LogP contribution in [0.2, 0.25) is 0 Å². The molecule has 1 aromatic heterocycles. The standard InChI is InChI=1S/C20H26N4/c1-15-13-21-19(22-14-15)24-10-8-20(9-11-24)12-18(23(2)3)16-6-4-5-7-17(16)20/h4-7,13-14,18H,8-12H2,1-3H3/t18-/m0/s1. The quantitative estimate of drug-likeness (QED) is 0.849. The summed E-state index contributed by atoms with van der Waals surface area (Å²) in [4.78, 5) is 13.7. The molecule has 0 radical (unpaired) electrons. The zero-order chi connectivity index (χ0) is 16.7.